The molecule has 2 heterocycles. The van der Waals surface area contributed by atoms with Crippen LogP contribution in [0.5, 0.6) is 17.2 Å². The lowest BCUT2D eigenvalue weighted by molar-refractivity contribution is 0.152. The molecule has 1 aliphatic heterocycles. The third-order valence-electron chi connectivity index (χ3n) is 6.79. The fraction of sp³-hybridized carbons (Fsp3) is 0.519. The van der Waals surface area contributed by atoms with Crippen LogP contribution in [0.2, 0.25) is 0 Å². The zero-order valence-corrected chi connectivity index (χ0v) is 22.1. The summed E-state index contributed by atoms with van der Waals surface area (Å²) in [5, 5.41) is 12.9. The van der Waals surface area contributed by atoms with Crippen molar-refractivity contribution in [2.45, 2.75) is 39.3 Å². The van der Waals surface area contributed by atoms with Crippen LogP contribution in [0.3, 0.4) is 0 Å². The van der Waals surface area contributed by atoms with Crippen LogP contribution in [-0.2, 0) is 13.0 Å². The summed E-state index contributed by atoms with van der Waals surface area (Å²) in [5.41, 5.74) is 2.31. The number of aromatic nitrogens is 4. The number of piperazine rings is 1. The summed E-state index contributed by atoms with van der Waals surface area (Å²) in [6.07, 6.45) is 1.81. The first-order valence-electron chi connectivity index (χ1n) is 12.6. The van der Waals surface area contributed by atoms with Gasteiger partial charge in [-0.05, 0) is 59.0 Å². The summed E-state index contributed by atoms with van der Waals surface area (Å²) in [4.78, 5) is 4.94. The van der Waals surface area contributed by atoms with Crippen molar-refractivity contribution >= 4 is 5.69 Å². The van der Waals surface area contributed by atoms with Crippen LogP contribution in [-0.4, -0.2) is 72.6 Å². The Kier molecular flexibility index (Phi) is 8.64. The van der Waals surface area contributed by atoms with Gasteiger partial charge in [-0.3, -0.25) is 4.90 Å². The highest BCUT2D eigenvalue weighted by molar-refractivity contribution is 5.58. The first kappa shape index (κ1) is 25.8. The maximum absolute atomic E-state index is 5.59. The number of hydrogen-bond donors (Lipinski definition) is 0. The van der Waals surface area contributed by atoms with Crippen molar-refractivity contribution in [3.8, 4) is 17.2 Å². The Morgan fingerprint density at radius 2 is 1.58 bits per heavy atom. The second-order valence-corrected chi connectivity index (χ2v) is 9.54. The lowest BCUT2D eigenvalue weighted by Crippen LogP contribution is -2.48. The Labute approximate surface area is 213 Å². The van der Waals surface area contributed by atoms with Crippen LogP contribution in [0.25, 0.3) is 0 Å². The van der Waals surface area contributed by atoms with Gasteiger partial charge in [-0.25, -0.2) is 4.68 Å². The van der Waals surface area contributed by atoms with E-state index >= 15 is 0 Å². The van der Waals surface area contributed by atoms with Crippen molar-refractivity contribution < 1.29 is 14.2 Å². The van der Waals surface area contributed by atoms with Gasteiger partial charge in [-0.2, -0.15) is 0 Å². The molecule has 1 fully saturated rings. The molecule has 1 atom stereocenters. The SMILES string of the molecule is COc1ccc(CCn2nnnc2C(CC(C)C)N2CCN(c3ccccc3OC)CC2)cc1OC. The van der Waals surface area contributed by atoms with Gasteiger partial charge in [0.25, 0.3) is 0 Å². The number of benzene rings is 2. The summed E-state index contributed by atoms with van der Waals surface area (Å²) in [5.74, 6) is 3.85. The predicted octanol–water partition coefficient (Wildman–Crippen LogP) is 3.85. The molecule has 194 valence electrons. The maximum Gasteiger partial charge on any atom is 0.168 e. The average Bonchev–Trinajstić information content (AvgIpc) is 3.38. The van der Waals surface area contributed by atoms with Gasteiger partial charge in [0.1, 0.15) is 5.75 Å². The van der Waals surface area contributed by atoms with Crippen molar-refractivity contribution in [3.63, 3.8) is 0 Å². The summed E-state index contributed by atoms with van der Waals surface area (Å²) in [7, 11) is 5.04. The molecule has 2 aromatic carbocycles. The number of methoxy groups -OCH3 is 3. The predicted molar refractivity (Wildman–Crippen MR) is 140 cm³/mol. The monoisotopic (exact) mass is 494 g/mol. The van der Waals surface area contributed by atoms with Gasteiger partial charge in [0.2, 0.25) is 0 Å². The number of anilines is 1. The smallest absolute Gasteiger partial charge is 0.168 e. The minimum absolute atomic E-state index is 0.172. The molecular weight excluding hydrogens is 456 g/mol. The molecule has 1 unspecified atom stereocenters. The van der Waals surface area contributed by atoms with E-state index in [4.69, 9.17) is 14.2 Å². The zero-order chi connectivity index (χ0) is 25.5. The number of para-hydroxylation sites is 2. The Morgan fingerprint density at radius 3 is 2.28 bits per heavy atom. The van der Waals surface area contributed by atoms with E-state index in [1.54, 1.807) is 21.3 Å². The Bertz CT molecular complexity index is 1110. The molecule has 4 rings (SSSR count). The van der Waals surface area contributed by atoms with Crippen molar-refractivity contribution in [3.05, 3.63) is 53.9 Å². The van der Waals surface area contributed by atoms with Crippen LogP contribution >= 0.6 is 0 Å². The van der Waals surface area contributed by atoms with E-state index < -0.39 is 0 Å². The molecule has 0 spiro atoms. The highest BCUT2D eigenvalue weighted by Gasteiger charge is 2.30. The van der Waals surface area contributed by atoms with Gasteiger partial charge in [-0.15, -0.1) is 5.10 Å². The Balaban J connectivity index is 1.46. The third-order valence-corrected chi connectivity index (χ3v) is 6.79. The minimum atomic E-state index is 0.172. The number of aryl methyl sites for hydroxylation is 2. The summed E-state index contributed by atoms with van der Waals surface area (Å²) in [6, 6.07) is 14.4. The first-order valence-corrected chi connectivity index (χ1v) is 12.6. The summed E-state index contributed by atoms with van der Waals surface area (Å²) < 4.78 is 18.4. The zero-order valence-electron chi connectivity index (χ0n) is 22.1. The molecule has 9 nitrogen and oxygen atoms in total. The number of ether oxygens (including phenoxy) is 3. The van der Waals surface area contributed by atoms with Crippen molar-refractivity contribution in [1.29, 1.82) is 0 Å². The minimum Gasteiger partial charge on any atom is -0.495 e. The molecule has 0 bridgehead atoms. The molecule has 0 aliphatic carbocycles. The van der Waals surface area contributed by atoms with E-state index in [0.717, 1.165) is 73.3 Å². The second kappa shape index (κ2) is 12.1. The molecular formula is C27H38N6O3. The van der Waals surface area contributed by atoms with E-state index in [1.807, 2.05) is 28.9 Å². The van der Waals surface area contributed by atoms with Gasteiger partial charge >= 0.3 is 0 Å². The van der Waals surface area contributed by atoms with Gasteiger partial charge in [-0.1, -0.05) is 32.0 Å². The fourth-order valence-electron chi connectivity index (χ4n) is 4.91. The number of tetrazole rings is 1. The quantitative estimate of drug-likeness (QED) is 0.398. The standard InChI is InChI=1S/C27H38N6O3/c1-20(2)18-23(32-16-14-31(15-17-32)22-8-6-7-9-24(22)34-3)27-28-29-30-33(27)13-12-21-10-11-25(35-4)26(19-21)36-5/h6-11,19-20,23H,12-18H2,1-5H3. The summed E-state index contributed by atoms with van der Waals surface area (Å²) in [6.45, 7) is 8.97. The van der Waals surface area contributed by atoms with Crippen LogP contribution < -0.4 is 19.1 Å². The molecule has 3 aromatic rings. The lowest BCUT2D eigenvalue weighted by atomic mass is 10.0. The van der Waals surface area contributed by atoms with Crippen molar-refractivity contribution in [2.24, 2.45) is 5.92 Å². The molecule has 0 radical (unpaired) electrons. The number of hydrogen-bond acceptors (Lipinski definition) is 8. The number of nitrogens with zero attached hydrogens (tertiary/aromatic N) is 6. The average molecular weight is 495 g/mol. The molecule has 36 heavy (non-hydrogen) atoms. The topological polar surface area (TPSA) is 77.8 Å². The van der Waals surface area contributed by atoms with Gasteiger partial charge in [0.05, 0.1) is 33.1 Å². The molecule has 9 heteroatoms. The maximum atomic E-state index is 5.59. The van der Waals surface area contributed by atoms with Crippen molar-refractivity contribution in [2.75, 3.05) is 52.4 Å². The number of rotatable bonds is 11. The van der Waals surface area contributed by atoms with Crippen LogP contribution in [0.4, 0.5) is 5.69 Å². The Hall–Kier alpha value is -3.33. The largest absolute Gasteiger partial charge is 0.495 e. The van der Waals surface area contributed by atoms with Crippen molar-refractivity contribution in [1.82, 2.24) is 25.1 Å². The molecule has 0 saturated carbocycles. The van der Waals surface area contributed by atoms with Gasteiger partial charge < -0.3 is 19.1 Å². The second-order valence-electron chi connectivity index (χ2n) is 9.54. The molecule has 1 aromatic heterocycles. The third kappa shape index (κ3) is 5.90. The van der Waals surface area contributed by atoms with E-state index in [0.29, 0.717) is 12.5 Å². The molecule has 1 aliphatic rings. The first-order chi connectivity index (χ1) is 17.5. The normalized spacial score (nSPS) is 15.2. The molecule has 1 saturated heterocycles. The lowest BCUT2D eigenvalue weighted by Gasteiger charge is -2.40. The van der Waals surface area contributed by atoms with Crippen LogP contribution in [0.1, 0.15) is 37.7 Å². The summed E-state index contributed by atoms with van der Waals surface area (Å²) >= 11 is 0. The fourth-order valence-corrected chi connectivity index (χ4v) is 4.91. The highest BCUT2D eigenvalue weighted by atomic mass is 16.5. The van der Waals surface area contributed by atoms with Gasteiger partial charge in [0.15, 0.2) is 17.3 Å². The van der Waals surface area contributed by atoms with E-state index in [-0.39, 0.29) is 6.04 Å². The Morgan fingerprint density at radius 1 is 0.861 bits per heavy atom. The van der Waals surface area contributed by atoms with Crippen LogP contribution in [0.15, 0.2) is 42.5 Å². The highest BCUT2D eigenvalue weighted by Crippen LogP contribution is 2.32. The molecule has 0 N–H and O–H groups in total. The van der Waals surface area contributed by atoms with Gasteiger partial charge in [0, 0.05) is 32.7 Å². The van der Waals surface area contributed by atoms with E-state index in [1.165, 1.54) is 0 Å². The molecule has 0 amide bonds. The van der Waals surface area contributed by atoms with Crippen LogP contribution in [0, 0.1) is 5.92 Å². The van der Waals surface area contributed by atoms with E-state index in [2.05, 4.69) is 57.4 Å². The van der Waals surface area contributed by atoms with E-state index in [9.17, 15) is 0 Å².